The van der Waals surface area contributed by atoms with Gasteiger partial charge in [0, 0.05) is 22.6 Å². The van der Waals surface area contributed by atoms with Gasteiger partial charge in [0.2, 0.25) is 0 Å². The molecular weight excluding hydrogens is 445 g/mol. The van der Waals surface area contributed by atoms with Gasteiger partial charge in [-0.05, 0) is 53.1 Å². The Bertz CT molecular complexity index is 915. The molecule has 7 nitrogen and oxygen atoms in total. The van der Waals surface area contributed by atoms with E-state index in [4.69, 9.17) is 0 Å². The van der Waals surface area contributed by atoms with Gasteiger partial charge in [-0.25, -0.2) is 15.0 Å². The Hall–Kier alpha value is -1.78. The van der Waals surface area contributed by atoms with E-state index in [0.29, 0.717) is 30.8 Å². The maximum absolute atomic E-state index is 10.1. The third-order valence-corrected chi connectivity index (χ3v) is 5.56. The van der Waals surface area contributed by atoms with E-state index in [0.717, 1.165) is 12.1 Å². The number of anilines is 1. The van der Waals surface area contributed by atoms with Gasteiger partial charge in [0.15, 0.2) is 11.5 Å². The van der Waals surface area contributed by atoms with E-state index in [1.807, 2.05) is 10.6 Å². The van der Waals surface area contributed by atoms with E-state index in [1.165, 1.54) is 15.5 Å². The molecule has 136 valence electrons. The van der Waals surface area contributed by atoms with Crippen LogP contribution in [0.15, 0.2) is 36.9 Å². The molecule has 3 atom stereocenters. The molecular formula is C18H20IN5O2. The lowest BCUT2D eigenvalue weighted by molar-refractivity contribution is 0.0171. The number of benzene rings is 1. The molecule has 0 saturated heterocycles. The number of nitrogens with one attached hydrogen (secondary N) is 1. The summed E-state index contributed by atoms with van der Waals surface area (Å²) in [5, 5.41) is 23.2. The van der Waals surface area contributed by atoms with Crippen LogP contribution in [0.5, 0.6) is 0 Å². The van der Waals surface area contributed by atoms with Crippen molar-refractivity contribution < 1.29 is 10.2 Å². The second-order valence-electron chi connectivity index (χ2n) is 6.67. The van der Waals surface area contributed by atoms with Gasteiger partial charge in [0.05, 0.1) is 18.5 Å². The van der Waals surface area contributed by atoms with Gasteiger partial charge in [-0.3, -0.25) is 0 Å². The maximum atomic E-state index is 10.1. The number of rotatable bonds is 5. The van der Waals surface area contributed by atoms with Crippen molar-refractivity contribution in [2.75, 3.05) is 5.32 Å². The van der Waals surface area contributed by atoms with Crippen LogP contribution >= 0.6 is 22.6 Å². The second-order valence-corrected chi connectivity index (χ2v) is 7.92. The van der Waals surface area contributed by atoms with Crippen molar-refractivity contribution in [2.45, 2.75) is 38.1 Å². The minimum absolute atomic E-state index is 0.0140. The van der Waals surface area contributed by atoms with E-state index in [9.17, 15) is 10.2 Å². The number of hydrogen-bond donors (Lipinski definition) is 3. The minimum Gasteiger partial charge on any atom is -0.390 e. The van der Waals surface area contributed by atoms with Crippen molar-refractivity contribution in [3.63, 3.8) is 0 Å². The van der Waals surface area contributed by atoms with Crippen molar-refractivity contribution >= 4 is 39.6 Å². The summed E-state index contributed by atoms with van der Waals surface area (Å²) in [6.07, 6.45) is 3.37. The number of hydrogen-bond acceptors (Lipinski definition) is 6. The standard InChI is InChI=1S/C18H20IN5O2/c19-13-3-1-2-11(6-13)7-20-17-15-18(22-9-21-17)24(10-23-15)8-12-4-5-14(25)16(12)26/h1-3,6,9-10,12,14,16,25-26H,4-5,7-8H2,(H,20,21,22)/t12-,14+,16-/m0/s1. The second kappa shape index (κ2) is 7.45. The molecule has 1 fully saturated rings. The van der Waals surface area contributed by atoms with Crippen LogP contribution < -0.4 is 5.32 Å². The smallest absolute Gasteiger partial charge is 0.165 e. The van der Waals surface area contributed by atoms with Crippen LogP contribution in [0.4, 0.5) is 5.82 Å². The summed E-state index contributed by atoms with van der Waals surface area (Å²) in [5.74, 6) is 0.708. The molecule has 0 amide bonds. The van der Waals surface area contributed by atoms with E-state index >= 15 is 0 Å². The predicted molar refractivity (Wildman–Crippen MR) is 107 cm³/mol. The molecule has 0 bridgehead atoms. The van der Waals surface area contributed by atoms with Gasteiger partial charge in [0.25, 0.3) is 0 Å². The molecule has 0 spiro atoms. The third kappa shape index (κ3) is 3.53. The molecule has 1 aliphatic rings. The first-order valence-electron chi connectivity index (χ1n) is 8.62. The largest absolute Gasteiger partial charge is 0.390 e. The van der Waals surface area contributed by atoms with Crippen LogP contribution in [0.3, 0.4) is 0 Å². The van der Waals surface area contributed by atoms with E-state index < -0.39 is 12.2 Å². The molecule has 1 saturated carbocycles. The summed E-state index contributed by atoms with van der Waals surface area (Å²) in [7, 11) is 0. The number of aliphatic hydroxyl groups excluding tert-OH is 2. The van der Waals surface area contributed by atoms with Crippen molar-refractivity contribution in [1.82, 2.24) is 19.5 Å². The highest BCUT2D eigenvalue weighted by Gasteiger charge is 2.33. The van der Waals surface area contributed by atoms with Crippen LogP contribution in [-0.4, -0.2) is 41.9 Å². The van der Waals surface area contributed by atoms with Crippen LogP contribution in [0.2, 0.25) is 0 Å². The number of nitrogens with zero attached hydrogens (tertiary/aromatic N) is 4. The zero-order valence-corrected chi connectivity index (χ0v) is 16.2. The first-order chi connectivity index (χ1) is 12.6. The highest BCUT2D eigenvalue weighted by Crippen LogP contribution is 2.29. The number of aliphatic hydroxyl groups is 2. The van der Waals surface area contributed by atoms with Crippen molar-refractivity contribution in [1.29, 1.82) is 0 Å². The quantitative estimate of drug-likeness (QED) is 0.500. The van der Waals surface area contributed by atoms with E-state index in [-0.39, 0.29) is 5.92 Å². The van der Waals surface area contributed by atoms with Gasteiger partial charge in [-0.2, -0.15) is 0 Å². The molecule has 1 aliphatic carbocycles. The fourth-order valence-electron chi connectivity index (χ4n) is 3.47. The maximum Gasteiger partial charge on any atom is 0.165 e. The summed E-state index contributed by atoms with van der Waals surface area (Å²) < 4.78 is 3.12. The van der Waals surface area contributed by atoms with Gasteiger partial charge >= 0.3 is 0 Å². The molecule has 0 radical (unpaired) electrons. The van der Waals surface area contributed by atoms with Crippen LogP contribution in [-0.2, 0) is 13.1 Å². The Labute approximate surface area is 164 Å². The van der Waals surface area contributed by atoms with Gasteiger partial charge in [0.1, 0.15) is 11.8 Å². The molecule has 2 heterocycles. The van der Waals surface area contributed by atoms with E-state index in [2.05, 4.69) is 61.1 Å². The normalized spacial score (nSPS) is 22.8. The summed E-state index contributed by atoms with van der Waals surface area (Å²) in [6, 6.07) is 8.28. The lowest BCUT2D eigenvalue weighted by Crippen LogP contribution is -2.27. The highest BCUT2D eigenvalue weighted by atomic mass is 127. The van der Waals surface area contributed by atoms with Gasteiger partial charge < -0.3 is 20.1 Å². The molecule has 1 aromatic carbocycles. The van der Waals surface area contributed by atoms with Gasteiger partial charge in [-0.1, -0.05) is 12.1 Å². The zero-order chi connectivity index (χ0) is 18.1. The number of halogens is 1. The first kappa shape index (κ1) is 17.6. The third-order valence-electron chi connectivity index (χ3n) is 4.89. The lowest BCUT2D eigenvalue weighted by atomic mass is 10.1. The Kier molecular flexibility index (Phi) is 5.05. The highest BCUT2D eigenvalue weighted by molar-refractivity contribution is 14.1. The van der Waals surface area contributed by atoms with Crippen molar-refractivity contribution in [3.8, 4) is 0 Å². The molecule has 0 unspecified atom stereocenters. The fraction of sp³-hybridized carbons (Fsp3) is 0.389. The van der Waals surface area contributed by atoms with Crippen LogP contribution in [0.25, 0.3) is 11.2 Å². The molecule has 26 heavy (non-hydrogen) atoms. The van der Waals surface area contributed by atoms with Gasteiger partial charge in [-0.15, -0.1) is 0 Å². The van der Waals surface area contributed by atoms with Crippen molar-refractivity contribution in [3.05, 3.63) is 46.1 Å². The summed E-state index contributed by atoms with van der Waals surface area (Å²) in [6.45, 7) is 1.24. The molecule has 3 aromatic rings. The Morgan fingerprint density at radius 3 is 2.85 bits per heavy atom. The Morgan fingerprint density at radius 1 is 1.19 bits per heavy atom. The van der Waals surface area contributed by atoms with Crippen LogP contribution in [0.1, 0.15) is 18.4 Å². The Balaban J connectivity index is 1.53. The SMILES string of the molecule is O[C@H]1[C@H](Cn2cnc3c(NCc4cccc(I)c4)ncnc32)CC[C@H]1O. The van der Waals surface area contributed by atoms with E-state index in [1.54, 1.807) is 6.33 Å². The lowest BCUT2D eigenvalue weighted by Gasteiger charge is -2.17. The Morgan fingerprint density at radius 2 is 2.08 bits per heavy atom. The monoisotopic (exact) mass is 465 g/mol. The number of fused-ring (bicyclic) bond motifs is 1. The van der Waals surface area contributed by atoms with Crippen LogP contribution in [0, 0.1) is 9.49 Å². The zero-order valence-electron chi connectivity index (χ0n) is 14.1. The molecule has 3 N–H and O–H groups in total. The first-order valence-corrected chi connectivity index (χ1v) is 9.70. The summed E-state index contributed by atoms with van der Waals surface area (Å²) in [4.78, 5) is 13.2. The molecule has 2 aromatic heterocycles. The minimum atomic E-state index is -0.688. The fourth-order valence-corrected chi connectivity index (χ4v) is 4.08. The number of imidazole rings is 1. The topological polar surface area (TPSA) is 96.1 Å². The summed E-state index contributed by atoms with van der Waals surface area (Å²) in [5.41, 5.74) is 2.62. The van der Waals surface area contributed by atoms with Crippen molar-refractivity contribution in [2.24, 2.45) is 5.92 Å². The average Bonchev–Trinajstić information content (AvgIpc) is 3.19. The summed E-state index contributed by atoms with van der Waals surface area (Å²) >= 11 is 2.30. The molecule has 0 aliphatic heterocycles. The number of aromatic nitrogens is 4. The molecule has 8 heteroatoms. The predicted octanol–water partition coefficient (Wildman–Crippen LogP) is 2.17. The molecule has 4 rings (SSSR count). The average molecular weight is 465 g/mol.